The van der Waals surface area contributed by atoms with E-state index in [0.717, 1.165) is 4.48 Å². The first-order valence-electron chi connectivity index (χ1n) is 11.3. The highest BCUT2D eigenvalue weighted by atomic mass is 79.9. The SMILES string of the molecule is CCCCCCCCCCCC[N+](C)(C)C.CCCNCCC.O=P(O)(O)O.[Br-]. The fourth-order valence-corrected chi connectivity index (χ4v) is 2.55. The molecule has 8 heteroatoms. The Balaban J connectivity index is -0.000000199. The molecule has 0 heterocycles. The smallest absolute Gasteiger partial charge is 0.466 e. The predicted octanol–water partition coefficient (Wildman–Crippen LogP) is 2.08. The molecule has 0 amide bonds. The minimum Gasteiger partial charge on any atom is -1.00 e. The summed E-state index contributed by atoms with van der Waals surface area (Å²) in [7, 11) is 2.22. The highest BCUT2D eigenvalue weighted by Gasteiger charge is 2.04. The van der Waals surface area contributed by atoms with E-state index in [1.807, 2.05) is 0 Å². The Hall–Kier alpha value is 0.510. The van der Waals surface area contributed by atoms with Crippen LogP contribution in [0.1, 0.15) is 97.8 Å². The Labute approximate surface area is 192 Å². The van der Waals surface area contributed by atoms with E-state index < -0.39 is 7.82 Å². The summed E-state index contributed by atoms with van der Waals surface area (Å²) in [6.07, 6.45) is 16.9. The molecule has 182 valence electrons. The van der Waals surface area contributed by atoms with Gasteiger partial charge in [-0.2, -0.15) is 0 Å². The molecule has 4 N–H and O–H groups in total. The summed E-state index contributed by atoms with van der Waals surface area (Å²) in [5, 5.41) is 3.28. The zero-order valence-electron chi connectivity index (χ0n) is 20.1. The van der Waals surface area contributed by atoms with Crippen LogP contribution in [0.25, 0.3) is 0 Å². The summed E-state index contributed by atoms with van der Waals surface area (Å²) >= 11 is 0. The molecule has 0 fully saturated rings. The van der Waals surface area contributed by atoms with E-state index in [9.17, 15) is 0 Å². The largest absolute Gasteiger partial charge is 1.00 e. The third kappa shape index (κ3) is 65.3. The van der Waals surface area contributed by atoms with E-state index in [1.165, 1.54) is 96.7 Å². The molecule has 0 aromatic carbocycles. The quantitative estimate of drug-likeness (QED) is 0.155. The van der Waals surface area contributed by atoms with Crippen molar-refractivity contribution in [2.75, 3.05) is 40.8 Å². The van der Waals surface area contributed by atoms with Gasteiger partial charge in [-0.15, -0.1) is 0 Å². The maximum atomic E-state index is 8.88. The number of unbranched alkanes of at least 4 members (excludes halogenated alkanes) is 9. The van der Waals surface area contributed by atoms with Gasteiger partial charge in [0.2, 0.25) is 0 Å². The van der Waals surface area contributed by atoms with Gasteiger partial charge >= 0.3 is 7.82 Å². The minimum atomic E-state index is -4.64. The van der Waals surface area contributed by atoms with Gasteiger partial charge in [0.15, 0.2) is 0 Å². The van der Waals surface area contributed by atoms with Crippen molar-refractivity contribution in [1.82, 2.24) is 5.32 Å². The molecule has 0 aliphatic carbocycles. The van der Waals surface area contributed by atoms with Gasteiger partial charge in [0.05, 0.1) is 27.7 Å². The minimum absolute atomic E-state index is 0. The Morgan fingerprint density at radius 1 is 0.655 bits per heavy atom. The lowest BCUT2D eigenvalue weighted by Crippen LogP contribution is -3.00. The van der Waals surface area contributed by atoms with Crippen molar-refractivity contribution < 1.29 is 40.7 Å². The lowest BCUT2D eigenvalue weighted by molar-refractivity contribution is -0.870. The number of hydrogen-bond donors (Lipinski definition) is 4. The van der Waals surface area contributed by atoms with Gasteiger partial charge in [-0.05, 0) is 38.8 Å². The van der Waals surface area contributed by atoms with Crippen molar-refractivity contribution in [2.45, 2.75) is 97.8 Å². The monoisotopic (exact) mass is 506 g/mol. The van der Waals surface area contributed by atoms with Crippen LogP contribution in [0.3, 0.4) is 0 Å². The van der Waals surface area contributed by atoms with Crippen molar-refractivity contribution in [3.63, 3.8) is 0 Å². The molecule has 0 spiro atoms. The summed E-state index contributed by atoms with van der Waals surface area (Å²) in [6.45, 7) is 10.3. The van der Waals surface area contributed by atoms with Crippen molar-refractivity contribution in [2.24, 2.45) is 0 Å². The first kappa shape index (κ1) is 36.9. The van der Waals surface area contributed by atoms with Crippen molar-refractivity contribution in [3.8, 4) is 0 Å². The van der Waals surface area contributed by atoms with E-state index in [-0.39, 0.29) is 17.0 Å². The molecule has 0 bridgehead atoms. The number of hydrogen-bond acceptors (Lipinski definition) is 2. The average Bonchev–Trinajstić information content (AvgIpc) is 2.55. The Kier molecular flexibility index (Phi) is 33.7. The zero-order valence-corrected chi connectivity index (χ0v) is 22.6. The van der Waals surface area contributed by atoms with Crippen LogP contribution in [0, 0.1) is 0 Å². The molecular weight excluding hydrogens is 455 g/mol. The Bertz CT molecular complexity index is 325. The second-order valence-electron chi connectivity index (χ2n) is 8.46. The number of nitrogens with one attached hydrogen (secondary N) is 1. The maximum Gasteiger partial charge on any atom is 0.466 e. The first-order chi connectivity index (χ1) is 13.0. The normalized spacial score (nSPS) is 10.9. The molecule has 0 rings (SSSR count). The summed E-state index contributed by atoms with van der Waals surface area (Å²) in [6, 6.07) is 0. The summed E-state index contributed by atoms with van der Waals surface area (Å²) in [5.74, 6) is 0. The van der Waals surface area contributed by atoms with Crippen LogP contribution < -0.4 is 22.3 Å². The molecule has 0 aliphatic heterocycles. The summed E-state index contributed by atoms with van der Waals surface area (Å²) < 4.78 is 10.0. The van der Waals surface area contributed by atoms with Crippen molar-refractivity contribution in [1.29, 1.82) is 0 Å². The van der Waals surface area contributed by atoms with E-state index >= 15 is 0 Å². The second-order valence-corrected chi connectivity index (χ2v) is 9.49. The van der Waals surface area contributed by atoms with Crippen LogP contribution >= 0.6 is 7.82 Å². The molecule has 0 saturated heterocycles. The van der Waals surface area contributed by atoms with E-state index in [2.05, 4.69) is 47.2 Å². The van der Waals surface area contributed by atoms with Crippen LogP contribution in [-0.4, -0.2) is 59.9 Å². The zero-order chi connectivity index (χ0) is 22.3. The van der Waals surface area contributed by atoms with Gasteiger partial charge in [-0.1, -0.05) is 72.1 Å². The number of halogens is 1. The average molecular weight is 508 g/mol. The van der Waals surface area contributed by atoms with Gasteiger partial charge in [0, 0.05) is 0 Å². The van der Waals surface area contributed by atoms with Crippen LogP contribution in [0.2, 0.25) is 0 Å². The second kappa shape index (κ2) is 26.5. The molecule has 0 aliphatic rings. The number of rotatable bonds is 15. The molecule has 0 atom stereocenters. The van der Waals surface area contributed by atoms with Crippen LogP contribution in [0.5, 0.6) is 0 Å². The number of nitrogens with zero attached hydrogens (tertiary/aromatic N) is 1. The van der Waals surface area contributed by atoms with Gasteiger partial charge in [-0.25, -0.2) is 4.57 Å². The van der Waals surface area contributed by atoms with E-state index in [0.29, 0.717) is 0 Å². The van der Waals surface area contributed by atoms with Gasteiger partial charge < -0.3 is 41.5 Å². The molecule has 29 heavy (non-hydrogen) atoms. The molecule has 0 aromatic rings. The molecule has 0 radical (unpaired) electrons. The maximum absolute atomic E-state index is 8.88. The highest BCUT2D eigenvalue weighted by Crippen LogP contribution is 2.25. The molecular formula is C21H52BrN2O4P. The van der Waals surface area contributed by atoms with E-state index in [1.54, 1.807) is 0 Å². The topological polar surface area (TPSA) is 89.8 Å². The van der Waals surface area contributed by atoms with Crippen LogP contribution in [-0.2, 0) is 4.57 Å². The predicted molar refractivity (Wildman–Crippen MR) is 122 cm³/mol. The molecule has 0 saturated carbocycles. The highest BCUT2D eigenvalue weighted by molar-refractivity contribution is 7.45. The lowest BCUT2D eigenvalue weighted by Gasteiger charge is -2.23. The van der Waals surface area contributed by atoms with Crippen LogP contribution in [0.4, 0.5) is 0 Å². The fraction of sp³-hybridized carbons (Fsp3) is 1.00. The van der Waals surface area contributed by atoms with E-state index in [4.69, 9.17) is 19.2 Å². The first-order valence-corrected chi connectivity index (χ1v) is 12.8. The van der Waals surface area contributed by atoms with Gasteiger partial charge in [0.25, 0.3) is 0 Å². The lowest BCUT2D eigenvalue weighted by atomic mass is 10.1. The summed E-state index contributed by atoms with van der Waals surface area (Å²) in [5.41, 5.74) is 0. The summed E-state index contributed by atoms with van der Waals surface area (Å²) in [4.78, 5) is 21.6. The number of quaternary nitrogens is 1. The van der Waals surface area contributed by atoms with Crippen LogP contribution in [0.15, 0.2) is 0 Å². The standard InChI is InChI=1S/C15H34N.C6H15N.BrH.H3O4P/c1-5-6-7-8-9-10-11-12-13-14-15-16(2,3)4;1-3-5-7-6-4-2;;1-5(2,3)4/h5-15H2,1-4H3;7H,3-6H2,1-2H3;1H;(H3,1,2,3,4)/q+1;;;/p-1. The van der Waals surface area contributed by atoms with Crippen molar-refractivity contribution in [3.05, 3.63) is 0 Å². The fourth-order valence-electron chi connectivity index (χ4n) is 2.55. The molecule has 6 nitrogen and oxygen atoms in total. The van der Waals surface area contributed by atoms with Crippen molar-refractivity contribution >= 4 is 7.82 Å². The molecule has 0 aromatic heterocycles. The van der Waals surface area contributed by atoms with Gasteiger partial charge in [-0.3, -0.25) is 0 Å². The number of phosphoric acid groups is 1. The third-order valence-corrected chi connectivity index (χ3v) is 4.04. The third-order valence-electron chi connectivity index (χ3n) is 4.04. The Morgan fingerprint density at radius 2 is 0.966 bits per heavy atom. The van der Waals surface area contributed by atoms with Gasteiger partial charge in [0.1, 0.15) is 0 Å². The Morgan fingerprint density at radius 3 is 1.24 bits per heavy atom. The molecule has 0 unspecified atom stereocenters.